The van der Waals surface area contributed by atoms with Crippen LogP contribution in [0, 0.1) is 18.7 Å². The van der Waals surface area contributed by atoms with Crippen LogP contribution >= 0.6 is 22.9 Å². The zero-order valence-corrected chi connectivity index (χ0v) is 21.4. The van der Waals surface area contributed by atoms with Crippen LogP contribution < -0.4 is 5.32 Å². The van der Waals surface area contributed by atoms with E-state index in [1.54, 1.807) is 30.6 Å². The van der Waals surface area contributed by atoms with Gasteiger partial charge in [-0.05, 0) is 37.5 Å². The molecule has 35 heavy (non-hydrogen) atoms. The number of amides is 1. The predicted octanol–water partition coefficient (Wildman–Crippen LogP) is 7.07. The maximum Gasteiger partial charge on any atom is 0.252 e. The number of hydrogen-bond donors (Lipinski definition) is 1. The van der Waals surface area contributed by atoms with Gasteiger partial charge in [0.15, 0.2) is 11.6 Å². The summed E-state index contributed by atoms with van der Waals surface area (Å²) >= 11 is 7.74. The van der Waals surface area contributed by atoms with Gasteiger partial charge in [0.1, 0.15) is 0 Å². The van der Waals surface area contributed by atoms with Crippen molar-refractivity contribution >= 4 is 28.8 Å². The molecular formula is C25H28ClF3N4OS. The average Bonchev–Trinajstić information content (AvgIpc) is 3.24. The van der Waals surface area contributed by atoms with Gasteiger partial charge < -0.3 is 5.32 Å². The standard InChI is InChI=1S/C25H28ClF3N4OS/c1-4-8-25(28,29)9-7-15(2)20(22-16(3)33-14-35-22)13-32-24(34)19-10-17(5-6-21(19)26)23-30-11-18(27)12-31-23/h5-6,10-12,14-15,20H,4,7-9,13H2,1-3H3,(H,32,34). The minimum Gasteiger partial charge on any atom is -0.351 e. The Labute approximate surface area is 212 Å². The first kappa shape index (κ1) is 27.1. The largest absolute Gasteiger partial charge is 0.351 e. The molecule has 1 N–H and O–H groups in total. The van der Waals surface area contributed by atoms with E-state index in [2.05, 4.69) is 20.3 Å². The summed E-state index contributed by atoms with van der Waals surface area (Å²) in [6.45, 7) is 5.80. The number of carbonyl (C=O) groups is 1. The minimum absolute atomic E-state index is 0.105. The van der Waals surface area contributed by atoms with E-state index >= 15 is 0 Å². The third-order valence-electron chi connectivity index (χ3n) is 5.96. The van der Waals surface area contributed by atoms with Crippen molar-refractivity contribution in [2.75, 3.05) is 6.54 Å². The van der Waals surface area contributed by atoms with Crippen LogP contribution in [0.1, 0.15) is 66.4 Å². The highest BCUT2D eigenvalue weighted by atomic mass is 35.5. The van der Waals surface area contributed by atoms with E-state index in [0.717, 1.165) is 23.0 Å². The topological polar surface area (TPSA) is 67.8 Å². The normalized spacial score (nSPS) is 13.5. The summed E-state index contributed by atoms with van der Waals surface area (Å²) in [6.07, 6.45) is 2.51. The van der Waals surface area contributed by atoms with E-state index in [9.17, 15) is 18.0 Å². The highest BCUT2D eigenvalue weighted by Crippen LogP contribution is 2.36. The smallest absolute Gasteiger partial charge is 0.252 e. The summed E-state index contributed by atoms with van der Waals surface area (Å²) in [7, 11) is 0. The number of thiazole rings is 1. The number of alkyl halides is 2. The maximum absolute atomic E-state index is 14.1. The van der Waals surface area contributed by atoms with Gasteiger partial charge in [0, 0.05) is 35.7 Å². The van der Waals surface area contributed by atoms with E-state index < -0.39 is 17.6 Å². The van der Waals surface area contributed by atoms with Crippen LogP contribution in [0.5, 0.6) is 0 Å². The van der Waals surface area contributed by atoms with Crippen molar-refractivity contribution in [3.05, 3.63) is 63.1 Å². The van der Waals surface area contributed by atoms with Gasteiger partial charge in [-0.1, -0.05) is 31.9 Å². The Kier molecular flexibility index (Phi) is 9.24. The molecule has 1 amide bonds. The molecule has 0 aliphatic carbocycles. The molecule has 2 heterocycles. The number of hydrogen-bond acceptors (Lipinski definition) is 5. The monoisotopic (exact) mass is 524 g/mol. The van der Waals surface area contributed by atoms with E-state index in [0.29, 0.717) is 18.4 Å². The van der Waals surface area contributed by atoms with Crippen LogP contribution in [0.25, 0.3) is 11.4 Å². The molecule has 188 valence electrons. The number of aromatic nitrogens is 3. The maximum atomic E-state index is 14.1. The van der Waals surface area contributed by atoms with Crippen molar-refractivity contribution < 1.29 is 18.0 Å². The van der Waals surface area contributed by atoms with Crippen molar-refractivity contribution in [3.8, 4) is 11.4 Å². The minimum atomic E-state index is -2.70. The van der Waals surface area contributed by atoms with Gasteiger partial charge in [-0.15, -0.1) is 11.3 Å². The van der Waals surface area contributed by atoms with Gasteiger partial charge in [0.05, 0.1) is 34.2 Å². The first-order chi connectivity index (χ1) is 16.6. The van der Waals surface area contributed by atoms with Gasteiger partial charge in [-0.3, -0.25) is 4.79 Å². The summed E-state index contributed by atoms with van der Waals surface area (Å²) in [5.41, 5.74) is 3.29. The summed E-state index contributed by atoms with van der Waals surface area (Å²) in [5.74, 6) is -3.69. The fourth-order valence-electron chi connectivity index (χ4n) is 3.95. The number of carbonyl (C=O) groups excluding carboxylic acids is 1. The molecule has 10 heteroatoms. The number of halogens is 4. The fourth-order valence-corrected chi connectivity index (χ4v) is 5.19. The Morgan fingerprint density at radius 1 is 1.20 bits per heavy atom. The number of benzene rings is 1. The second-order valence-electron chi connectivity index (χ2n) is 8.66. The lowest BCUT2D eigenvalue weighted by atomic mass is 9.86. The Balaban J connectivity index is 1.76. The highest BCUT2D eigenvalue weighted by Gasteiger charge is 2.31. The van der Waals surface area contributed by atoms with Crippen molar-refractivity contribution in [2.24, 2.45) is 5.92 Å². The quantitative estimate of drug-likeness (QED) is 0.291. The van der Waals surface area contributed by atoms with Crippen molar-refractivity contribution in [1.29, 1.82) is 0 Å². The molecule has 3 aromatic rings. The lowest BCUT2D eigenvalue weighted by Gasteiger charge is -2.26. The van der Waals surface area contributed by atoms with Gasteiger partial charge in [-0.25, -0.2) is 28.1 Å². The van der Waals surface area contributed by atoms with E-state index in [1.807, 2.05) is 13.8 Å². The van der Waals surface area contributed by atoms with Crippen LogP contribution in [-0.4, -0.2) is 33.3 Å². The van der Waals surface area contributed by atoms with Gasteiger partial charge in [0.25, 0.3) is 5.91 Å². The molecule has 2 unspecified atom stereocenters. The van der Waals surface area contributed by atoms with Crippen LogP contribution in [-0.2, 0) is 0 Å². The van der Waals surface area contributed by atoms with Crippen molar-refractivity contribution in [2.45, 2.75) is 58.3 Å². The van der Waals surface area contributed by atoms with Crippen molar-refractivity contribution in [1.82, 2.24) is 20.3 Å². The van der Waals surface area contributed by atoms with Gasteiger partial charge >= 0.3 is 0 Å². The Morgan fingerprint density at radius 2 is 1.91 bits per heavy atom. The lowest BCUT2D eigenvalue weighted by Crippen LogP contribution is -2.31. The molecule has 0 saturated carbocycles. The molecule has 0 aliphatic rings. The van der Waals surface area contributed by atoms with Gasteiger partial charge in [0.2, 0.25) is 5.92 Å². The zero-order valence-electron chi connectivity index (χ0n) is 19.8. The molecule has 0 bridgehead atoms. The third kappa shape index (κ3) is 7.24. The number of nitrogens with zero attached hydrogens (tertiary/aromatic N) is 3. The molecule has 0 radical (unpaired) electrons. The van der Waals surface area contributed by atoms with Crippen LogP contribution in [0.2, 0.25) is 5.02 Å². The lowest BCUT2D eigenvalue weighted by molar-refractivity contribution is -0.0224. The summed E-state index contributed by atoms with van der Waals surface area (Å²) in [5, 5.41) is 3.16. The van der Waals surface area contributed by atoms with Crippen LogP contribution in [0.15, 0.2) is 36.1 Å². The molecule has 1 aromatic carbocycles. The average molecular weight is 525 g/mol. The first-order valence-corrected chi connectivity index (χ1v) is 12.7. The zero-order chi connectivity index (χ0) is 25.6. The third-order valence-corrected chi connectivity index (χ3v) is 7.35. The van der Waals surface area contributed by atoms with E-state index in [1.165, 1.54) is 11.3 Å². The summed E-state index contributed by atoms with van der Waals surface area (Å²) < 4.78 is 41.4. The summed E-state index contributed by atoms with van der Waals surface area (Å²) in [4.78, 5) is 26.2. The van der Waals surface area contributed by atoms with E-state index in [4.69, 9.17) is 11.6 Å². The fraction of sp³-hybridized carbons (Fsp3) is 0.440. The Bertz CT molecular complexity index is 1140. The Morgan fingerprint density at radius 3 is 2.54 bits per heavy atom. The number of aryl methyl sites for hydroxylation is 1. The van der Waals surface area contributed by atoms with E-state index in [-0.39, 0.29) is 47.6 Å². The van der Waals surface area contributed by atoms with Gasteiger partial charge in [-0.2, -0.15) is 0 Å². The first-order valence-electron chi connectivity index (χ1n) is 11.4. The molecule has 0 fully saturated rings. The molecule has 5 nitrogen and oxygen atoms in total. The molecule has 0 saturated heterocycles. The predicted molar refractivity (Wildman–Crippen MR) is 133 cm³/mol. The van der Waals surface area contributed by atoms with Crippen molar-refractivity contribution in [3.63, 3.8) is 0 Å². The van der Waals surface area contributed by atoms with Crippen LogP contribution in [0.4, 0.5) is 13.2 Å². The molecule has 3 rings (SSSR count). The molecule has 2 aromatic heterocycles. The highest BCUT2D eigenvalue weighted by molar-refractivity contribution is 7.09. The summed E-state index contributed by atoms with van der Waals surface area (Å²) in [6, 6.07) is 4.75. The number of nitrogens with one attached hydrogen (secondary N) is 1. The SMILES string of the molecule is CCCC(F)(F)CCC(C)C(CNC(=O)c1cc(-c2ncc(F)cn2)ccc1Cl)c1scnc1C. The number of rotatable bonds is 11. The van der Waals surface area contributed by atoms with Crippen LogP contribution in [0.3, 0.4) is 0 Å². The molecule has 0 spiro atoms. The Hall–Kier alpha value is -2.52. The molecular weight excluding hydrogens is 497 g/mol. The second kappa shape index (κ2) is 11.9. The second-order valence-corrected chi connectivity index (χ2v) is 9.95. The molecule has 2 atom stereocenters. The molecule has 0 aliphatic heterocycles.